The second kappa shape index (κ2) is 8.31. The molecule has 4 heteroatoms. The van der Waals surface area contributed by atoms with Gasteiger partial charge in [0.05, 0.1) is 7.11 Å². The van der Waals surface area contributed by atoms with Gasteiger partial charge in [-0.05, 0) is 43.1 Å². The molecule has 2 unspecified atom stereocenters. The zero-order valence-corrected chi connectivity index (χ0v) is 17.1. The van der Waals surface area contributed by atoms with Crippen molar-refractivity contribution in [2.45, 2.75) is 44.7 Å². The minimum atomic E-state index is -0.121. The van der Waals surface area contributed by atoms with Gasteiger partial charge in [0.25, 0.3) is 0 Å². The minimum Gasteiger partial charge on any atom is -0.504 e. The Balaban J connectivity index is 1.96. The number of piperidine rings is 1. The largest absolute Gasteiger partial charge is 0.504 e. The zero-order chi connectivity index (χ0) is 18.6. The molecule has 0 saturated carbocycles. The lowest BCUT2D eigenvalue weighted by Crippen LogP contribution is -2.33. The molecule has 0 aromatic heterocycles. The van der Waals surface area contributed by atoms with Crippen LogP contribution in [-0.4, -0.2) is 25.3 Å². The molecule has 2 aromatic rings. The lowest BCUT2D eigenvalue weighted by Gasteiger charge is -2.34. The number of anilines is 1. The van der Waals surface area contributed by atoms with E-state index in [9.17, 15) is 5.11 Å². The molecular formula is C22H30NO2P. The Morgan fingerprint density at radius 2 is 1.81 bits per heavy atom. The summed E-state index contributed by atoms with van der Waals surface area (Å²) < 4.78 is 5.34. The van der Waals surface area contributed by atoms with Crippen molar-refractivity contribution in [3.05, 3.63) is 48.0 Å². The molecule has 1 N–H and O–H groups in total. The maximum Gasteiger partial charge on any atom is 0.161 e. The summed E-state index contributed by atoms with van der Waals surface area (Å²) >= 11 is 0. The van der Waals surface area contributed by atoms with Gasteiger partial charge in [0.2, 0.25) is 0 Å². The van der Waals surface area contributed by atoms with E-state index in [1.54, 1.807) is 7.11 Å². The molecule has 0 bridgehead atoms. The van der Waals surface area contributed by atoms with Crippen LogP contribution in [0.2, 0.25) is 0 Å². The first kappa shape index (κ1) is 19.0. The van der Waals surface area contributed by atoms with E-state index in [2.05, 4.69) is 43.0 Å². The molecule has 2 atom stereocenters. The molecule has 0 radical (unpaired) electrons. The molecule has 26 heavy (non-hydrogen) atoms. The van der Waals surface area contributed by atoms with Crippen molar-refractivity contribution in [1.29, 1.82) is 0 Å². The Bertz CT molecular complexity index is 743. The second-order valence-electron chi connectivity index (χ2n) is 7.23. The summed E-state index contributed by atoms with van der Waals surface area (Å²) in [7, 11) is 2.19. The number of methoxy groups -OCH3 is 1. The molecule has 2 aromatic carbocycles. The molecule has 1 aliphatic rings. The Labute approximate surface area is 159 Å². The third kappa shape index (κ3) is 3.83. The van der Waals surface area contributed by atoms with Crippen LogP contribution >= 0.6 is 8.58 Å². The number of aromatic hydroxyl groups is 1. The SMILES string of the molecule is CCC(C)(Pc1ccccc1N1CCCCC1)c1cccc(OC)c1O. The van der Waals surface area contributed by atoms with Crippen LogP contribution in [0.5, 0.6) is 11.5 Å². The summed E-state index contributed by atoms with van der Waals surface area (Å²) in [4.78, 5) is 2.54. The van der Waals surface area contributed by atoms with Gasteiger partial charge in [-0.15, -0.1) is 0 Å². The summed E-state index contributed by atoms with van der Waals surface area (Å²) in [5.74, 6) is 0.832. The van der Waals surface area contributed by atoms with Crippen molar-refractivity contribution in [2.75, 3.05) is 25.1 Å². The fourth-order valence-corrected chi connectivity index (χ4v) is 5.42. The van der Waals surface area contributed by atoms with Gasteiger partial charge < -0.3 is 14.7 Å². The van der Waals surface area contributed by atoms with Gasteiger partial charge in [-0.3, -0.25) is 0 Å². The molecule has 1 aliphatic heterocycles. The van der Waals surface area contributed by atoms with Crippen molar-refractivity contribution in [1.82, 2.24) is 0 Å². The second-order valence-corrected chi connectivity index (χ2v) is 9.12. The maximum atomic E-state index is 10.7. The Morgan fingerprint density at radius 1 is 1.08 bits per heavy atom. The number of ether oxygens (including phenoxy) is 1. The predicted octanol–water partition coefficient (Wildman–Crippen LogP) is 5.02. The highest BCUT2D eigenvalue weighted by atomic mass is 31.1. The molecular weight excluding hydrogens is 341 g/mol. The molecule has 3 rings (SSSR count). The average molecular weight is 371 g/mol. The number of phenols is 1. The summed E-state index contributed by atoms with van der Waals surface area (Å²) in [5, 5.41) is 12.0. The molecule has 1 heterocycles. The number of hydrogen-bond acceptors (Lipinski definition) is 3. The third-order valence-electron chi connectivity index (χ3n) is 5.53. The van der Waals surface area contributed by atoms with E-state index in [0.29, 0.717) is 14.3 Å². The molecule has 0 amide bonds. The molecule has 0 aliphatic carbocycles. The fourth-order valence-electron chi connectivity index (χ4n) is 3.77. The Kier molecular flexibility index (Phi) is 6.09. The number of phenolic OH excluding ortho intramolecular Hbond substituents is 1. The van der Waals surface area contributed by atoms with Crippen molar-refractivity contribution in [3.63, 3.8) is 0 Å². The van der Waals surface area contributed by atoms with Crippen molar-refractivity contribution in [2.24, 2.45) is 0 Å². The Morgan fingerprint density at radius 3 is 2.50 bits per heavy atom. The maximum absolute atomic E-state index is 10.7. The molecule has 1 saturated heterocycles. The van der Waals surface area contributed by atoms with Crippen LogP contribution in [0.15, 0.2) is 42.5 Å². The van der Waals surface area contributed by atoms with E-state index in [-0.39, 0.29) is 10.9 Å². The van der Waals surface area contributed by atoms with Crippen LogP contribution in [0, 0.1) is 0 Å². The van der Waals surface area contributed by atoms with Crippen LogP contribution in [-0.2, 0) is 5.16 Å². The fraction of sp³-hybridized carbons (Fsp3) is 0.455. The highest BCUT2D eigenvalue weighted by Crippen LogP contribution is 2.50. The van der Waals surface area contributed by atoms with Crippen molar-refractivity contribution in [3.8, 4) is 11.5 Å². The quantitative estimate of drug-likeness (QED) is 0.724. The lowest BCUT2D eigenvalue weighted by atomic mass is 9.96. The summed E-state index contributed by atoms with van der Waals surface area (Å²) in [6.45, 7) is 6.76. The van der Waals surface area contributed by atoms with E-state index >= 15 is 0 Å². The van der Waals surface area contributed by atoms with Crippen LogP contribution in [0.1, 0.15) is 45.1 Å². The van der Waals surface area contributed by atoms with Crippen molar-refractivity contribution < 1.29 is 9.84 Å². The van der Waals surface area contributed by atoms with Gasteiger partial charge in [0.15, 0.2) is 11.5 Å². The number of rotatable bonds is 6. The molecule has 140 valence electrons. The third-order valence-corrected chi connectivity index (χ3v) is 7.40. The van der Waals surface area contributed by atoms with E-state index in [4.69, 9.17) is 4.74 Å². The predicted molar refractivity (Wildman–Crippen MR) is 113 cm³/mol. The summed E-state index contributed by atoms with van der Waals surface area (Å²) in [6, 6.07) is 14.6. The lowest BCUT2D eigenvalue weighted by molar-refractivity contribution is 0.367. The first-order valence-electron chi connectivity index (χ1n) is 9.57. The van der Waals surface area contributed by atoms with Crippen LogP contribution in [0.4, 0.5) is 5.69 Å². The molecule has 0 spiro atoms. The first-order chi connectivity index (χ1) is 12.6. The first-order valence-corrected chi connectivity index (χ1v) is 10.6. The highest BCUT2D eigenvalue weighted by molar-refractivity contribution is 7.49. The number of nitrogens with zero attached hydrogens (tertiary/aromatic N) is 1. The zero-order valence-electron chi connectivity index (χ0n) is 16.1. The Hall–Kier alpha value is -1.73. The number of para-hydroxylation sites is 2. The van der Waals surface area contributed by atoms with E-state index in [1.807, 2.05) is 18.2 Å². The van der Waals surface area contributed by atoms with Crippen molar-refractivity contribution >= 4 is 19.6 Å². The number of benzene rings is 2. The van der Waals surface area contributed by atoms with E-state index in [0.717, 1.165) is 25.1 Å². The standard InChI is InChI=1S/C22H30NO2P/c1-4-22(2,17-11-10-13-19(25-3)21(17)24)26-20-14-7-6-12-18(20)23-15-8-5-9-16-23/h6-7,10-14,24,26H,4-5,8-9,15-16H2,1-3H3. The topological polar surface area (TPSA) is 32.7 Å². The van der Waals surface area contributed by atoms with Gasteiger partial charge in [-0.1, -0.05) is 52.8 Å². The minimum absolute atomic E-state index is 0.121. The number of hydrogen-bond donors (Lipinski definition) is 1. The smallest absolute Gasteiger partial charge is 0.161 e. The van der Waals surface area contributed by atoms with Gasteiger partial charge in [0.1, 0.15) is 0 Å². The summed E-state index contributed by atoms with van der Waals surface area (Å²) in [6.07, 6.45) is 4.85. The van der Waals surface area contributed by atoms with Gasteiger partial charge in [-0.25, -0.2) is 0 Å². The van der Waals surface area contributed by atoms with E-state index in [1.165, 1.54) is 30.3 Å². The normalized spacial score (nSPS) is 17.4. The van der Waals surface area contributed by atoms with Crippen LogP contribution < -0.4 is 14.9 Å². The molecule has 3 nitrogen and oxygen atoms in total. The van der Waals surface area contributed by atoms with Gasteiger partial charge in [-0.2, -0.15) is 0 Å². The van der Waals surface area contributed by atoms with Crippen LogP contribution in [0.3, 0.4) is 0 Å². The van der Waals surface area contributed by atoms with Gasteiger partial charge >= 0.3 is 0 Å². The average Bonchev–Trinajstić information content (AvgIpc) is 2.69. The van der Waals surface area contributed by atoms with Crippen LogP contribution in [0.25, 0.3) is 0 Å². The van der Waals surface area contributed by atoms with Gasteiger partial charge in [0, 0.05) is 29.5 Å². The summed E-state index contributed by atoms with van der Waals surface area (Å²) in [5.41, 5.74) is 2.35. The highest BCUT2D eigenvalue weighted by Gasteiger charge is 2.30. The monoisotopic (exact) mass is 371 g/mol. The molecule has 1 fully saturated rings. The van der Waals surface area contributed by atoms with E-state index < -0.39 is 0 Å².